The first-order valence-electron chi connectivity index (χ1n) is 21.8. The molecule has 0 aliphatic heterocycles. The summed E-state index contributed by atoms with van der Waals surface area (Å²) >= 11 is 0. The van der Waals surface area contributed by atoms with E-state index >= 15 is 0 Å². The lowest BCUT2D eigenvalue weighted by Gasteiger charge is -2.08. The second-order valence-corrected chi connectivity index (χ2v) is 15.3. The molecule has 0 bridgehead atoms. The summed E-state index contributed by atoms with van der Waals surface area (Å²) in [5, 5.41) is 0. The summed E-state index contributed by atoms with van der Waals surface area (Å²) in [5.74, 6) is 1.70. The fourth-order valence-corrected chi connectivity index (χ4v) is 7.54. The largest absolute Gasteiger partial charge is 0.494 e. The number of carbonyl (C=O) groups is 1. The monoisotopic (exact) mass is 689 g/mol. The second-order valence-electron chi connectivity index (χ2n) is 15.3. The molecule has 0 N–H and O–H groups in total. The third kappa shape index (κ3) is 17.8. The van der Waals surface area contributed by atoms with Crippen LogP contribution in [-0.2, 0) is 0 Å². The molecule has 2 aromatic rings. The number of benzene rings is 2. The molecule has 3 nitrogen and oxygen atoms in total. The molecule has 1 aliphatic rings. The van der Waals surface area contributed by atoms with Crippen molar-refractivity contribution in [1.29, 1.82) is 0 Å². The molecule has 0 aromatic heterocycles. The Morgan fingerprint density at radius 2 is 0.600 bits per heavy atom. The van der Waals surface area contributed by atoms with Gasteiger partial charge in [-0.3, -0.25) is 4.79 Å². The summed E-state index contributed by atoms with van der Waals surface area (Å²) < 4.78 is 12.2. The first kappa shape index (κ1) is 42.1. The molecule has 0 heterocycles. The zero-order valence-corrected chi connectivity index (χ0v) is 32.8. The lowest BCUT2D eigenvalue weighted by Crippen LogP contribution is -2.01. The van der Waals surface area contributed by atoms with E-state index in [1.807, 2.05) is 24.3 Å². The van der Waals surface area contributed by atoms with Crippen LogP contribution in [0.4, 0.5) is 0 Å². The molecule has 0 atom stereocenters. The highest BCUT2D eigenvalue weighted by molar-refractivity contribution is 6.22. The summed E-state index contributed by atoms with van der Waals surface area (Å²) in [7, 11) is 0. The first-order chi connectivity index (χ1) is 24.7. The van der Waals surface area contributed by atoms with Gasteiger partial charge >= 0.3 is 0 Å². The minimum atomic E-state index is 0.0878. The molecule has 0 amide bonds. The van der Waals surface area contributed by atoms with Crippen LogP contribution in [0.2, 0.25) is 0 Å². The molecule has 0 spiro atoms. The van der Waals surface area contributed by atoms with Crippen molar-refractivity contribution in [3.63, 3.8) is 0 Å². The van der Waals surface area contributed by atoms with Crippen molar-refractivity contribution in [2.45, 2.75) is 206 Å². The summed E-state index contributed by atoms with van der Waals surface area (Å²) in [6.07, 6.45) is 40.9. The van der Waals surface area contributed by atoms with Crippen molar-refractivity contribution in [3.05, 3.63) is 47.5 Å². The van der Waals surface area contributed by atoms with Crippen LogP contribution in [-0.4, -0.2) is 19.0 Å². The van der Waals surface area contributed by atoms with E-state index in [2.05, 4.69) is 26.0 Å². The Balaban J connectivity index is 1.18. The Kier molecular flexibility index (Phi) is 23.9. The molecule has 0 radical (unpaired) electrons. The Labute approximate surface area is 309 Å². The quantitative estimate of drug-likeness (QED) is 0.0586. The maximum absolute atomic E-state index is 13.3. The smallest absolute Gasteiger partial charge is 0.194 e. The Morgan fingerprint density at radius 1 is 0.340 bits per heavy atom. The Hall–Kier alpha value is -2.29. The van der Waals surface area contributed by atoms with Crippen molar-refractivity contribution in [2.24, 2.45) is 0 Å². The lowest BCUT2D eigenvalue weighted by atomic mass is 10.0. The van der Waals surface area contributed by atoms with E-state index in [4.69, 9.17) is 9.47 Å². The minimum Gasteiger partial charge on any atom is -0.494 e. The number of hydrogen-bond acceptors (Lipinski definition) is 3. The van der Waals surface area contributed by atoms with Crippen LogP contribution in [0.25, 0.3) is 11.1 Å². The summed E-state index contributed by atoms with van der Waals surface area (Å²) in [5.41, 5.74) is 3.54. The fourth-order valence-electron chi connectivity index (χ4n) is 7.54. The van der Waals surface area contributed by atoms with Crippen LogP contribution in [0, 0.1) is 0 Å². The van der Waals surface area contributed by atoms with E-state index in [-0.39, 0.29) is 5.78 Å². The van der Waals surface area contributed by atoms with Gasteiger partial charge in [-0.05, 0) is 60.4 Å². The topological polar surface area (TPSA) is 35.5 Å². The third-order valence-electron chi connectivity index (χ3n) is 10.8. The van der Waals surface area contributed by atoms with Gasteiger partial charge < -0.3 is 9.47 Å². The van der Waals surface area contributed by atoms with E-state index in [1.54, 1.807) is 0 Å². The maximum Gasteiger partial charge on any atom is 0.194 e. The SMILES string of the molecule is CCCCCCCCCCCCCCCCCOc1ccc2c(c1)C(=O)c1cc(OCCCCCCCCCCCCCCCCC)ccc1-2. The minimum absolute atomic E-state index is 0.0878. The van der Waals surface area contributed by atoms with Crippen LogP contribution in [0.15, 0.2) is 36.4 Å². The number of ether oxygens (including phenoxy) is 2. The van der Waals surface area contributed by atoms with Gasteiger partial charge in [0, 0.05) is 11.1 Å². The maximum atomic E-state index is 13.3. The van der Waals surface area contributed by atoms with Gasteiger partial charge in [0.15, 0.2) is 5.78 Å². The number of unbranched alkanes of at least 4 members (excludes halogenated alkanes) is 28. The molecular weight excluding hydrogens is 613 g/mol. The van der Waals surface area contributed by atoms with E-state index in [9.17, 15) is 4.79 Å². The number of fused-ring (bicyclic) bond motifs is 3. The van der Waals surface area contributed by atoms with Gasteiger partial charge in [-0.15, -0.1) is 0 Å². The van der Waals surface area contributed by atoms with Crippen molar-refractivity contribution in [2.75, 3.05) is 13.2 Å². The second kappa shape index (κ2) is 28.3. The molecule has 0 saturated carbocycles. The summed E-state index contributed by atoms with van der Waals surface area (Å²) in [6.45, 7) is 6.01. The first-order valence-corrected chi connectivity index (χ1v) is 21.8. The van der Waals surface area contributed by atoms with Gasteiger partial charge in [0.25, 0.3) is 0 Å². The van der Waals surface area contributed by atoms with Crippen LogP contribution in [0.1, 0.15) is 222 Å². The highest BCUT2D eigenvalue weighted by Gasteiger charge is 2.27. The molecule has 0 unspecified atom stereocenters. The van der Waals surface area contributed by atoms with Gasteiger partial charge in [-0.25, -0.2) is 0 Å². The summed E-state index contributed by atoms with van der Waals surface area (Å²) in [6, 6.07) is 12.0. The predicted octanol–water partition coefficient (Wildman–Crippen LogP) is 15.4. The third-order valence-corrected chi connectivity index (χ3v) is 10.8. The van der Waals surface area contributed by atoms with Crippen molar-refractivity contribution >= 4 is 5.78 Å². The molecule has 0 saturated heterocycles. The number of hydrogen-bond donors (Lipinski definition) is 0. The van der Waals surface area contributed by atoms with Gasteiger partial charge in [-0.2, -0.15) is 0 Å². The van der Waals surface area contributed by atoms with Gasteiger partial charge in [0.05, 0.1) is 13.2 Å². The van der Waals surface area contributed by atoms with Crippen molar-refractivity contribution < 1.29 is 14.3 Å². The van der Waals surface area contributed by atoms with Gasteiger partial charge in [0.1, 0.15) is 11.5 Å². The van der Waals surface area contributed by atoms with Crippen molar-refractivity contribution in [3.8, 4) is 22.6 Å². The average molecular weight is 689 g/mol. The molecule has 0 fully saturated rings. The molecule has 3 rings (SSSR count). The van der Waals surface area contributed by atoms with Crippen LogP contribution < -0.4 is 9.47 Å². The van der Waals surface area contributed by atoms with Gasteiger partial charge in [-0.1, -0.05) is 194 Å². The molecule has 2 aromatic carbocycles. The van der Waals surface area contributed by atoms with Gasteiger partial charge in [0.2, 0.25) is 0 Å². The fraction of sp³-hybridized carbons (Fsp3) is 0.723. The number of ketones is 1. The normalized spacial score (nSPS) is 12.0. The average Bonchev–Trinajstić information content (AvgIpc) is 3.41. The van der Waals surface area contributed by atoms with E-state index in [1.165, 1.54) is 180 Å². The van der Waals surface area contributed by atoms with E-state index in [0.29, 0.717) is 0 Å². The summed E-state index contributed by atoms with van der Waals surface area (Å²) in [4.78, 5) is 13.3. The highest BCUT2D eigenvalue weighted by atomic mass is 16.5. The zero-order chi connectivity index (χ0) is 35.3. The predicted molar refractivity (Wildman–Crippen MR) is 216 cm³/mol. The Bertz CT molecular complexity index is 1050. The zero-order valence-electron chi connectivity index (χ0n) is 32.8. The van der Waals surface area contributed by atoms with Crippen molar-refractivity contribution in [1.82, 2.24) is 0 Å². The molecular formula is C47H76O3. The van der Waals surface area contributed by atoms with E-state index in [0.717, 1.165) is 59.8 Å². The standard InChI is InChI=1S/C47H76O3/c1-3-5-7-9-11-13-15-17-19-21-23-25-27-29-31-37-49-41-33-35-43-44-36-34-42(40-46(44)47(48)45(43)39-41)50-38-32-30-28-26-24-22-20-18-16-14-12-10-8-6-4-2/h33-36,39-40H,3-32,37-38H2,1-2H3. The molecule has 50 heavy (non-hydrogen) atoms. The van der Waals surface area contributed by atoms with E-state index < -0.39 is 0 Å². The Morgan fingerprint density at radius 3 is 0.880 bits per heavy atom. The van der Waals surface area contributed by atoms with Crippen LogP contribution in [0.3, 0.4) is 0 Å². The number of carbonyl (C=O) groups excluding carboxylic acids is 1. The van der Waals surface area contributed by atoms with Crippen LogP contribution in [0.5, 0.6) is 11.5 Å². The molecule has 1 aliphatic carbocycles. The van der Waals surface area contributed by atoms with Crippen LogP contribution >= 0.6 is 0 Å². The highest BCUT2D eigenvalue weighted by Crippen LogP contribution is 2.40. The lowest BCUT2D eigenvalue weighted by molar-refractivity contribution is 0.104. The number of rotatable bonds is 34. The molecule has 282 valence electrons. The molecule has 3 heteroatoms.